The van der Waals surface area contributed by atoms with Crippen molar-refractivity contribution in [2.75, 3.05) is 0 Å². The van der Waals surface area contributed by atoms with Gasteiger partial charge in [0.25, 0.3) is 0 Å². The highest BCUT2D eigenvalue weighted by Crippen LogP contribution is 2.56. The summed E-state index contributed by atoms with van der Waals surface area (Å²) in [5.74, 6) is 0.628. The first-order chi connectivity index (χ1) is 36.2. The van der Waals surface area contributed by atoms with Crippen molar-refractivity contribution in [3.8, 4) is 28.0 Å². The SMILES string of the molecule is CCCCCCC1(CCCCCCc2ccc3c(c2)CC3)c2cc(Br)ccc2-c2ccc(Br)cc21.CCCCCCC1(CCCCCCc2ccc3c(c2)CC3)c2cc(O[B]O)ccc2-c2ccc(B(O)O)cc21. The molecule has 1 radical (unpaired) electrons. The molecule has 4 aliphatic rings. The van der Waals surface area contributed by atoms with E-state index in [-0.39, 0.29) is 10.8 Å². The van der Waals surface area contributed by atoms with E-state index in [0.29, 0.717) is 11.2 Å². The van der Waals surface area contributed by atoms with E-state index in [1.807, 2.05) is 24.3 Å². The third kappa shape index (κ3) is 12.4. The third-order valence-electron chi connectivity index (χ3n) is 17.5. The third-order valence-corrected chi connectivity index (χ3v) is 18.5. The summed E-state index contributed by atoms with van der Waals surface area (Å²) in [6.07, 6.45) is 32.0. The van der Waals surface area contributed by atoms with E-state index in [1.165, 1.54) is 188 Å². The zero-order chi connectivity index (χ0) is 51.5. The Balaban J connectivity index is 0.000000183. The smallest absolute Gasteiger partial charge is 0.537 e. The lowest BCUT2D eigenvalue weighted by Gasteiger charge is -2.33. The van der Waals surface area contributed by atoms with Crippen molar-refractivity contribution in [2.24, 2.45) is 0 Å². The van der Waals surface area contributed by atoms with Crippen molar-refractivity contribution >= 4 is 52.1 Å². The molecule has 387 valence electrons. The van der Waals surface area contributed by atoms with E-state index in [0.717, 1.165) is 39.8 Å². The molecule has 10 rings (SSSR count). The first-order valence-corrected chi connectivity index (χ1v) is 30.3. The van der Waals surface area contributed by atoms with Gasteiger partial charge < -0.3 is 19.7 Å². The largest absolute Gasteiger partial charge is 0.569 e. The summed E-state index contributed by atoms with van der Waals surface area (Å²) >= 11 is 7.60. The number of benzene rings is 6. The predicted octanol–water partition coefficient (Wildman–Crippen LogP) is 16.5. The molecule has 0 heterocycles. The zero-order valence-electron chi connectivity index (χ0n) is 44.4. The van der Waals surface area contributed by atoms with Crippen LogP contribution in [-0.4, -0.2) is 29.9 Å². The van der Waals surface area contributed by atoms with Crippen LogP contribution in [0.3, 0.4) is 0 Å². The Hall–Kier alpha value is -3.91. The number of halogens is 2. The van der Waals surface area contributed by atoms with Gasteiger partial charge in [-0.05, 0) is 197 Å². The molecule has 4 nitrogen and oxygen atoms in total. The molecule has 0 saturated carbocycles. The summed E-state index contributed by atoms with van der Waals surface area (Å²) in [5, 5.41) is 29.3. The molecule has 0 fully saturated rings. The number of unbranched alkanes of at least 4 members (excludes halogenated alkanes) is 12. The lowest BCUT2D eigenvalue weighted by Crippen LogP contribution is -2.32. The van der Waals surface area contributed by atoms with E-state index in [1.54, 1.807) is 33.4 Å². The van der Waals surface area contributed by atoms with E-state index < -0.39 is 7.12 Å². The van der Waals surface area contributed by atoms with Gasteiger partial charge in [-0.3, -0.25) is 0 Å². The minimum absolute atomic E-state index is 0.147. The zero-order valence-corrected chi connectivity index (χ0v) is 47.6. The van der Waals surface area contributed by atoms with Crippen LogP contribution < -0.4 is 10.1 Å². The number of aryl methyl sites for hydroxylation is 6. The lowest BCUT2D eigenvalue weighted by atomic mass is 9.68. The average Bonchev–Trinajstić information content (AvgIpc) is 3.82. The minimum atomic E-state index is -1.49. The van der Waals surface area contributed by atoms with Gasteiger partial charge in [0.05, 0.1) is 0 Å². The van der Waals surface area contributed by atoms with E-state index >= 15 is 0 Å². The lowest BCUT2D eigenvalue weighted by molar-refractivity contribution is 0.397. The summed E-state index contributed by atoms with van der Waals surface area (Å²) in [7, 11) is -0.749. The molecule has 1 unspecified atom stereocenters. The van der Waals surface area contributed by atoms with E-state index in [4.69, 9.17) is 4.65 Å². The van der Waals surface area contributed by atoms with Crippen molar-refractivity contribution in [3.05, 3.63) is 174 Å². The standard InChI is InChI=1S/C33H41B2O4.C33H38Br2/c1-2-3-4-8-19-33(20-9-6-5-7-10-24-11-12-25-13-14-26(25)21-24)31-22-27(35(37)38)15-17-29(31)30-18-16-28(39-34-36)23-32(30)33;1-2-3-4-8-19-33(20-9-6-5-7-10-24-11-12-25-13-14-26(25)21-24)31-22-27(34)15-17-29(31)30-18-16-28(35)23-32(30)33/h11-12,15-18,21-23,36-38H,2-10,13-14,19-20H2,1H3;11-12,15-18,21-23H,2-10,13-14,19-20H2,1H3. The average molecular weight is 1120 g/mol. The maximum Gasteiger partial charge on any atom is 0.569 e. The maximum atomic E-state index is 10.0. The highest BCUT2D eigenvalue weighted by Gasteiger charge is 2.44. The Morgan fingerprint density at radius 2 is 0.851 bits per heavy atom. The van der Waals surface area contributed by atoms with Crippen LogP contribution in [0.4, 0.5) is 0 Å². The normalized spacial score (nSPS) is 15.8. The Morgan fingerprint density at radius 1 is 0.446 bits per heavy atom. The summed E-state index contributed by atoms with van der Waals surface area (Å²) in [6.45, 7) is 4.55. The molecule has 6 aromatic carbocycles. The maximum absolute atomic E-state index is 10.0. The quantitative estimate of drug-likeness (QED) is 0.0355. The van der Waals surface area contributed by atoms with Crippen LogP contribution >= 0.6 is 31.9 Å². The minimum Gasteiger partial charge on any atom is -0.537 e. The topological polar surface area (TPSA) is 69.9 Å². The van der Waals surface area contributed by atoms with Gasteiger partial charge in [-0.15, -0.1) is 0 Å². The van der Waals surface area contributed by atoms with E-state index in [9.17, 15) is 15.1 Å². The molecule has 3 N–H and O–H groups in total. The van der Waals surface area contributed by atoms with Crippen molar-refractivity contribution in [3.63, 3.8) is 0 Å². The van der Waals surface area contributed by atoms with Crippen LogP contribution in [0.5, 0.6) is 5.75 Å². The molecule has 1 atom stereocenters. The van der Waals surface area contributed by atoms with Gasteiger partial charge >= 0.3 is 14.8 Å². The number of fused-ring (bicyclic) bond motifs is 8. The van der Waals surface area contributed by atoms with Crippen LogP contribution in [0, 0.1) is 0 Å². The van der Waals surface area contributed by atoms with Gasteiger partial charge in [0.2, 0.25) is 0 Å². The van der Waals surface area contributed by atoms with Crippen LogP contribution in [-0.2, 0) is 49.4 Å². The first-order valence-electron chi connectivity index (χ1n) is 28.8. The molecular formula is C66H79B2Br2O4. The van der Waals surface area contributed by atoms with Gasteiger partial charge in [0.15, 0.2) is 0 Å². The van der Waals surface area contributed by atoms with Crippen molar-refractivity contribution in [1.29, 1.82) is 0 Å². The molecule has 74 heavy (non-hydrogen) atoms. The first kappa shape index (κ1) is 54.9. The number of rotatable bonds is 27. The molecule has 0 amide bonds. The monoisotopic (exact) mass is 1120 g/mol. The summed E-state index contributed by atoms with van der Waals surface area (Å²) in [6, 6.07) is 40.2. The van der Waals surface area contributed by atoms with Crippen LogP contribution in [0.1, 0.15) is 198 Å². The number of hydrogen-bond acceptors (Lipinski definition) is 4. The Morgan fingerprint density at radius 3 is 1.27 bits per heavy atom. The Labute approximate surface area is 462 Å². The van der Waals surface area contributed by atoms with Gasteiger partial charge in [-0.25, -0.2) is 0 Å². The Bertz CT molecular complexity index is 2790. The fraction of sp³-hybridized carbons (Fsp3) is 0.455. The van der Waals surface area contributed by atoms with Gasteiger partial charge in [0.1, 0.15) is 5.75 Å². The number of hydrogen-bond donors (Lipinski definition) is 3. The van der Waals surface area contributed by atoms with Crippen LogP contribution in [0.2, 0.25) is 0 Å². The van der Waals surface area contributed by atoms with Gasteiger partial charge in [-0.2, -0.15) is 0 Å². The van der Waals surface area contributed by atoms with E-state index in [2.05, 4.69) is 131 Å². The highest BCUT2D eigenvalue weighted by molar-refractivity contribution is 9.10. The van der Waals surface area contributed by atoms with Gasteiger partial charge in [-0.1, -0.05) is 208 Å². The molecule has 4 aliphatic carbocycles. The molecule has 0 aliphatic heterocycles. The second-order valence-corrected chi connectivity index (χ2v) is 24.1. The highest BCUT2D eigenvalue weighted by atomic mass is 79.9. The van der Waals surface area contributed by atoms with Crippen molar-refractivity contribution < 1.29 is 19.7 Å². The fourth-order valence-corrected chi connectivity index (χ4v) is 14.0. The second-order valence-electron chi connectivity index (χ2n) is 22.3. The predicted molar refractivity (Wildman–Crippen MR) is 318 cm³/mol. The second kappa shape index (κ2) is 26.0. The van der Waals surface area contributed by atoms with Crippen LogP contribution in [0.25, 0.3) is 22.3 Å². The molecule has 8 heteroatoms. The Kier molecular flexibility index (Phi) is 19.2. The van der Waals surface area contributed by atoms with Gasteiger partial charge in [0, 0.05) is 19.8 Å². The molecule has 0 spiro atoms. The molecule has 0 bridgehead atoms. The van der Waals surface area contributed by atoms with Crippen molar-refractivity contribution in [2.45, 2.75) is 192 Å². The summed E-state index contributed by atoms with van der Waals surface area (Å²) in [4.78, 5) is 0. The molecule has 6 aromatic rings. The molecule has 0 aromatic heterocycles. The summed E-state index contributed by atoms with van der Waals surface area (Å²) < 4.78 is 7.81. The fourth-order valence-electron chi connectivity index (χ4n) is 13.3. The summed E-state index contributed by atoms with van der Waals surface area (Å²) in [5.41, 5.74) is 20.6. The van der Waals surface area contributed by atoms with Crippen molar-refractivity contribution in [1.82, 2.24) is 0 Å². The molecule has 0 saturated heterocycles. The van der Waals surface area contributed by atoms with Crippen LogP contribution in [0.15, 0.2) is 118 Å². The molecular weight excluding hydrogens is 1040 g/mol.